The van der Waals surface area contributed by atoms with Crippen molar-refractivity contribution in [1.29, 1.82) is 5.41 Å². The van der Waals surface area contributed by atoms with E-state index in [4.69, 9.17) is 11.1 Å². The minimum Gasteiger partial charge on any atom is -0.399 e. The van der Waals surface area contributed by atoms with Crippen LogP contribution in [0.3, 0.4) is 0 Å². The fourth-order valence-corrected chi connectivity index (χ4v) is 3.29. The van der Waals surface area contributed by atoms with Gasteiger partial charge in [0.25, 0.3) is 0 Å². The Kier molecular flexibility index (Phi) is 21.6. The molecule has 0 unspecified atom stereocenters. The number of rotatable bonds is 6. The molecule has 1 heterocycles. The van der Waals surface area contributed by atoms with Gasteiger partial charge in [-0.05, 0) is 90.6 Å². The van der Waals surface area contributed by atoms with Crippen molar-refractivity contribution in [2.24, 2.45) is 17.4 Å². The van der Waals surface area contributed by atoms with Gasteiger partial charge in [0.1, 0.15) is 0 Å². The first-order valence-corrected chi connectivity index (χ1v) is 12.1. The number of hydrogen-bond donors (Lipinski definition) is 4. The van der Waals surface area contributed by atoms with E-state index in [2.05, 4.69) is 62.8 Å². The van der Waals surface area contributed by atoms with Crippen LogP contribution in [-0.4, -0.2) is 31.3 Å². The minimum atomic E-state index is 0.646. The number of benzene rings is 1. The topological polar surface area (TPSA) is 79.1 Å². The molecule has 0 atom stereocenters. The van der Waals surface area contributed by atoms with E-state index in [9.17, 15) is 0 Å². The molecule has 1 aromatic rings. The Balaban J connectivity index is 0. The van der Waals surface area contributed by atoms with Gasteiger partial charge in [-0.25, -0.2) is 0 Å². The zero-order valence-electron chi connectivity index (χ0n) is 21.8. The summed E-state index contributed by atoms with van der Waals surface area (Å²) in [5.41, 5.74) is 14.5. The normalized spacial score (nSPS) is 14.2. The molecule has 0 bridgehead atoms. The van der Waals surface area contributed by atoms with Crippen LogP contribution in [0.1, 0.15) is 58.9 Å². The Morgan fingerprint density at radius 2 is 1.85 bits per heavy atom. The highest BCUT2D eigenvalue weighted by Gasteiger charge is 2.14. The SMILES string of the molecule is C/C=C/CC/C(C)=C/C(N)=C/C=N.C=C(C)N1CCC(C)CC1.CN.Cc1cccc(S)c1. The number of thiol groups is 1. The van der Waals surface area contributed by atoms with Crippen LogP contribution in [0, 0.1) is 18.3 Å². The zero-order chi connectivity index (χ0) is 25.6. The highest BCUT2D eigenvalue weighted by atomic mass is 32.1. The first kappa shape index (κ1) is 32.9. The van der Waals surface area contributed by atoms with Gasteiger partial charge in [-0.1, -0.05) is 48.9 Å². The second-order valence-electron chi connectivity index (χ2n) is 8.18. The summed E-state index contributed by atoms with van der Waals surface area (Å²) in [6, 6.07) is 8.05. The van der Waals surface area contributed by atoms with Gasteiger partial charge in [0.2, 0.25) is 0 Å². The highest BCUT2D eigenvalue weighted by molar-refractivity contribution is 7.80. The summed E-state index contributed by atoms with van der Waals surface area (Å²) in [5, 5.41) is 6.82. The Bertz CT molecular complexity index is 725. The lowest BCUT2D eigenvalue weighted by Crippen LogP contribution is -2.30. The van der Waals surface area contributed by atoms with Crippen LogP contribution in [0.5, 0.6) is 0 Å². The molecule has 0 aromatic heterocycles. The van der Waals surface area contributed by atoms with Crippen LogP contribution in [0.4, 0.5) is 0 Å². The van der Waals surface area contributed by atoms with Gasteiger partial charge in [-0.3, -0.25) is 0 Å². The van der Waals surface area contributed by atoms with E-state index in [1.54, 1.807) is 6.08 Å². The maximum absolute atomic E-state index is 6.82. The van der Waals surface area contributed by atoms with Gasteiger partial charge in [0.15, 0.2) is 0 Å². The number of hydrogen-bond acceptors (Lipinski definition) is 5. The molecule has 5 N–H and O–H groups in total. The second-order valence-corrected chi connectivity index (χ2v) is 8.69. The predicted molar refractivity (Wildman–Crippen MR) is 152 cm³/mol. The van der Waals surface area contributed by atoms with E-state index in [0.29, 0.717) is 5.70 Å². The lowest BCUT2D eigenvalue weighted by molar-refractivity contribution is 0.238. The van der Waals surface area contributed by atoms with Crippen LogP contribution in [0.25, 0.3) is 0 Å². The Hall–Kier alpha value is -2.24. The van der Waals surface area contributed by atoms with E-state index >= 15 is 0 Å². The second kappa shape index (κ2) is 21.6. The molecule has 0 radical (unpaired) electrons. The maximum Gasteiger partial charge on any atom is 0.0328 e. The molecule has 1 saturated heterocycles. The molecule has 0 spiro atoms. The van der Waals surface area contributed by atoms with Gasteiger partial charge in [-0.2, -0.15) is 0 Å². The summed E-state index contributed by atoms with van der Waals surface area (Å²) < 4.78 is 0. The molecule has 2 rings (SSSR count). The maximum atomic E-state index is 6.82. The van der Waals surface area contributed by atoms with Gasteiger partial charge < -0.3 is 21.8 Å². The summed E-state index contributed by atoms with van der Waals surface area (Å²) in [7, 11) is 1.50. The summed E-state index contributed by atoms with van der Waals surface area (Å²) in [4.78, 5) is 3.41. The molecule has 1 aromatic carbocycles. The van der Waals surface area contributed by atoms with Crippen molar-refractivity contribution >= 4 is 18.8 Å². The lowest BCUT2D eigenvalue weighted by atomic mass is 9.99. The van der Waals surface area contributed by atoms with E-state index in [0.717, 1.165) is 23.7 Å². The van der Waals surface area contributed by atoms with Crippen LogP contribution < -0.4 is 11.5 Å². The number of likely N-dealkylation sites (tertiary alicyclic amines) is 1. The smallest absolute Gasteiger partial charge is 0.0328 e. The molecular formula is C28H48N4S. The first-order valence-electron chi connectivity index (χ1n) is 11.7. The fourth-order valence-electron chi connectivity index (χ4n) is 3.00. The molecule has 1 aliphatic heterocycles. The van der Waals surface area contributed by atoms with Gasteiger partial charge in [0, 0.05) is 35.6 Å². The summed E-state index contributed by atoms with van der Waals surface area (Å²) in [6.07, 6.45) is 13.6. The average molecular weight is 473 g/mol. The molecule has 0 amide bonds. The fraction of sp³-hybridized carbons (Fsp3) is 0.464. The molecule has 5 heteroatoms. The van der Waals surface area contributed by atoms with Crippen molar-refractivity contribution in [2.45, 2.75) is 65.2 Å². The molecule has 33 heavy (non-hydrogen) atoms. The summed E-state index contributed by atoms with van der Waals surface area (Å²) in [6.45, 7) is 16.9. The first-order chi connectivity index (χ1) is 15.7. The predicted octanol–water partition coefficient (Wildman–Crippen LogP) is 6.89. The standard InChI is InChI=1S/C11H18N2.C9H17N.C7H8S.CH5N/c1-3-4-5-6-10(2)9-11(13)7-8-12;1-8(2)10-6-4-9(3)5-7-10;1-6-3-2-4-7(8)5-6;1-2/h3-4,7-9,12H,5-6,13H2,1-2H3;9H,1,4-7H2,2-3H3;2-5,8H,1H3;2H2,1H3/b4-3+,10-9+,11-7-,12-8?;;;. The molecule has 1 fully saturated rings. The quantitative estimate of drug-likeness (QED) is 0.157. The largest absolute Gasteiger partial charge is 0.399 e. The monoisotopic (exact) mass is 472 g/mol. The van der Waals surface area contributed by atoms with Gasteiger partial charge in [0.05, 0.1) is 0 Å². The van der Waals surface area contributed by atoms with Crippen LogP contribution in [-0.2, 0) is 0 Å². The van der Waals surface area contributed by atoms with Gasteiger partial charge in [-0.15, -0.1) is 12.6 Å². The number of aryl methyl sites for hydroxylation is 1. The van der Waals surface area contributed by atoms with E-state index < -0.39 is 0 Å². The zero-order valence-corrected chi connectivity index (χ0v) is 22.7. The van der Waals surface area contributed by atoms with Crippen molar-refractivity contribution in [1.82, 2.24) is 4.90 Å². The lowest BCUT2D eigenvalue weighted by Gasteiger charge is -2.32. The molecule has 1 aliphatic rings. The summed E-state index contributed by atoms with van der Waals surface area (Å²) in [5.74, 6) is 0.926. The van der Waals surface area contributed by atoms with Crippen LogP contribution in [0.15, 0.2) is 77.0 Å². The number of nitrogens with one attached hydrogen (secondary N) is 1. The summed E-state index contributed by atoms with van der Waals surface area (Å²) >= 11 is 4.15. The third kappa shape index (κ3) is 20.1. The molecule has 0 saturated carbocycles. The van der Waals surface area contributed by atoms with Crippen molar-refractivity contribution < 1.29 is 0 Å². The Morgan fingerprint density at radius 1 is 1.24 bits per heavy atom. The third-order valence-electron chi connectivity index (χ3n) is 4.96. The van der Waals surface area contributed by atoms with Crippen molar-refractivity contribution in [2.75, 3.05) is 20.1 Å². The van der Waals surface area contributed by atoms with Gasteiger partial charge >= 0.3 is 0 Å². The van der Waals surface area contributed by atoms with E-state index in [1.807, 2.05) is 44.2 Å². The Labute approximate surface area is 209 Å². The molecule has 186 valence electrons. The molecule has 0 aliphatic carbocycles. The minimum absolute atomic E-state index is 0.646. The molecular weight excluding hydrogens is 424 g/mol. The van der Waals surface area contributed by atoms with Crippen molar-refractivity contribution in [3.8, 4) is 0 Å². The average Bonchev–Trinajstić information content (AvgIpc) is 2.76. The Morgan fingerprint density at radius 3 is 2.27 bits per heavy atom. The third-order valence-corrected chi connectivity index (χ3v) is 5.23. The van der Waals surface area contributed by atoms with Crippen molar-refractivity contribution in [3.05, 3.63) is 77.7 Å². The van der Waals surface area contributed by atoms with E-state index in [1.165, 1.54) is 56.0 Å². The van der Waals surface area contributed by atoms with Crippen LogP contribution in [0.2, 0.25) is 0 Å². The molecule has 4 nitrogen and oxygen atoms in total. The number of piperidine rings is 1. The highest BCUT2D eigenvalue weighted by Crippen LogP contribution is 2.18. The number of nitrogens with two attached hydrogens (primary N) is 2. The number of nitrogens with zero attached hydrogens (tertiary/aromatic N) is 1. The van der Waals surface area contributed by atoms with Crippen LogP contribution >= 0.6 is 12.6 Å². The van der Waals surface area contributed by atoms with E-state index in [-0.39, 0.29) is 0 Å². The number of allylic oxidation sites excluding steroid dienone is 6. The van der Waals surface area contributed by atoms with Crippen molar-refractivity contribution in [3.63, 3.8) is 0 Å².